The summed E-state index contributed by atoms with van der Waals surface area (Å²) in [4.78, 5) is 23.2. The second-order valence-electron chi connectivity index (χ2n) is 4.53. The number of Topliss-reactive ketones (excluding diaryl/α,β-unsaturated/α-hetero) is 1. The Morgan fingerprint density at radius 3 is 2.67 bits per heavy atom. The number of carbonyl (C=O) groups is 2. The van der Waals surface area contributed by atoms with Crippen LogP contribution in [0.4, 0.5) is 0 Å². The van der Waals surface area contributed by atoms with Gasteiger partial charge in [0.05, 0.1) is 5.92 Å². The summed E-state index contributed by atoms with van der Waals surface area (Å²) in [6, 6.07) is 7.14. The molecule has 94 valence electrons. The fourth-order valence-corrected chi connectivity index (χ4v) is 2.10. The Morgan fingerprint density at radius 2 is 2.06 bits per heavy atom. The molecular weight excluding hydrogens is 228 g/mol. The lowest BCUT2D eigenvalue weighted by Crippen LogP contribution is -2.26. The van der Waals surface area contributed by atoms with Crippen molar-refractivity contribution in [2.24, 2.45) is 5.92 Å². The van der Waals surface area contributed by atoms with Gasteiger partial charge in [0, 0.05) is 12.8 Å². The van der Waals surface area contributed by atoms with Crippen LogP contribution < -0.4 is 4.74 Å². The molecule has 1 atom stereocenters. The van der Waals surface area contributed by atoms with Crippen LogP contribution in [0, 0.1) is 5.92 Å². The summed E-state index contributed by atoms with van der Waals surface area (Å²) >= 11 is 0. The van der Waals surface area contributed by atoms with E-state index < -0.39 is 0 Å². The molecule has 1 aromatic carbocycles. The SMILES string of the molecule is C=Cc1ccc(OC(=O)C2CCCC(=O)C2)cc1. The lowest BCUT2D eigenvalue weighted by molar-refractivity contribution is -0.142. The highest BCUT2D eigenvalue weighted by Gasteiger charge is 2.27. The molecule has 1 unspecified atom stereocenters. The minimum Gasteiger partial charge on any atom is -0.426 e. The van der Waals surface area contributed by atoms with Crippen molar-refractivity contribution in [2.45, 2.75) is 25.7 Å². The van der Waals surface area contributed by atoms with E-state index in [9.17, 15) is 9.59 Å². The molecule has 0 heterocycles. The highest BCUT2D eigenvalue weighted by Crippen LogP contribution is 2.23. The summed E-state index contributed by atoms with van der Waals surface area (Å²) in [6.45, 7) is 3.66. The molecule has 1 aliphatic rings. The van der Waals surface area contributed by atoms with Crippen molar-refractivity contribution in [1.29, 1.82) is 0 Å². The molecule has 0 aliphatic heterocycles. The molecule has 0 amide bonds. The van der Waals surface area contributed by atoms with E-state index in [2.05, 4.69) is 6.58 Å². The zero-order valence-electron chi connectivity index (χ0n) is 10.2. The van der Waals surface area contributed by atoms with E-state index in [0.717, 1.165) is 18.4 Å². The predicted octanol–water partition coefficient (Wildman–Crippen LogP) is 2.99. The van der Waals surface area contributed by atoms with Crippen molar-refractivity contribution < 1.29 is 14.3 Å². The highest BCUT2D eigenvalue weighted by atomic mass is 16.5. The van der Waals surface area contributed by atoms with Gasteiger partial charge in [0.25, 0.3) is 0 Å². The molecule has 1 saturated carbocycles. The van der Waals surface area contributed by atoms with E-state index >= 15 is 0 Å². The minimum absolute atomic E-state index is 0.158. The third-order valence-electron chi connectivity index (χ3n) is 3.15. The monoisotopic (exact) mass is 244 g/mol. The van der Waals surface area contributed by atoms with Gasteiger partial charge in [0.15, 0.2) is 0 Å². The Balaban J connectivity index is 1.97. The normalized spacial score (nSPS) is 19.3. The molecule has 3 heteroatoms. The van der Waals surface area contributed by atoms with Crippen LogP contribution in [-0.2, 0) is 9.59 Å². The van der Waals surface area contributed by atoms with Crippen molar-refractivity contribution in [2.75, 3.05) is 0 Å². The molecule has 0 bridgehead atoms. The largest absolute Gasteiger partial charge is 0.426 e. The average Bonchev–Trinajstić information content (AvgIpc) is 2.39. The maximum atomic E-state index is 11.9. The van der Waals surface area contributed by atoms with Gasteiger partial charge in [-0.3, -0.25) is 9.59 Å². The van der Waals surface area contributed by atoms with E-state index in [-0.39, 0.29) is 17.7 Å². The Hall–Kier alpha value is -1.90. The fraction of sp³-hybridized carbons (Fsp3) is 0.333. The zero-order valence-corrected chi connectivity index (χ0v) is 10.2. The van der Waals surface area contributed by atoms with Crippen LogP contribution in [0.1, 0.15) is 31.2 Å². The Kier molecular flexibility index (Phi) is 3.92. The van der Waals surface area contributed by atoms with E-state index in [0.29, 0.717) is 18.6 Å². The van der Waals surface area contributed by atoms with Crippen LogP contribution in [0.3, 0.4) is 0 Å². The van der Waals surface area contributed by atoms with Gasteiger partial charge in [0.2, 0.25) is 0 Å². The van der Waals surface area contributed by atoms with Gasteiger partial charge in [-0.2, -0.15) is 0 Å². The van der Waals surface area contributed by atoms with Crippen LogP contribution in [0.5, 0.6) is 5.75 Å². The second-order valence-corrected chi connectivity index (χ2v) is 4.53. The number of rotatable bonds is 3. The standard InChI is InChI=1S/C15H16O3/c1-2-11-6-8-14(9-7-11)18-15(17)12-4-3-5-13(16)10-12/h2,6-9,12H,1,3-5,10H2. The number of benzene rings is 1. The molecule has 2 rings (SSSR count). The van der Waals surface area contributed by atoms with Crippen molar-refractivity contribution in [3.8, 4) is 5.75 Å². The quantitative estimate of drug-likeness (QED) is 0.606. The molecule has 1 aliphatic carbocycles. The first kappa shape index (κ1) is 12.6. The predicted molar refractivity (Wildman–Crippen MR) is 69.1 cm³/mol. The van der Waals surface area contributed by atoms with Crippen LogP contribution >= 0.6 is 0 Å². The number of hydrogen-bond donors (Lipinski definition) is 0. The van der Waals surface area contributed by atoms with Gasteiger partial charge in [-0.1, -0.05) is 24.8 Å². The third kappa shape index (κ3) is 3.06. The van der Waals surface area contributed by atoms with Gasteiger partial charge >= 0.3 is 5.97 Å². The summed E-state index contributed by atoms with van der Waals surface area (Å²) in [7, 11) is 0. The topological polar surface area (TPSA) is 43.4 Å². The number of ketones is 1. The maximum Gasteiger partial charge on any atom is 0.314 e. The lowest BCUT2D eigenvalue weighted by atomic mass is 9.88. The Morgan fingerprint density at radius 1 is 1.33 bits per heavy atom. The molecule has 3 nitrogen and oxygen atoms in total. The van der Waals surface area contributed by atoms with Crippen LogP contribution in [0.25, 0.3) is 6.08 Å². The highest BCUT2D eigenvalue weighted by molar-refractivity contribution is 5.86. The van der Waals surface area contributed by atoms with Crippen LogP contribution in [0.2, 0.25) is 0 Å². The summed E-state index contributed by atoms with van der Waals surface area (Å²) in [5, 5.41) is 0. The number of carbonyl (C=O) groups excluding carboxylic acids is 2. The Labute approximate surface area is 106 Å². The number of esters is 1. The third-order valence-corrected chi connectivity index (χ3v) is 3.15. The molecule has 0 radical (unpaired) electrons. The molecule has 1 aromatic rings. The van der Waals surface area contributed by atoms with Crippen molar-refractivity contribution >= 4 is 17.8 Å². The van der Waals surface area contributed by atoms with Gasteiger partial charge in [-0.25, -0.2) is 0 Å². The van der Waals surface area contributed by atoms with Gasteiger partial charge < -0.3 is 4.74 Å². The van der Waals surface area contributed by atoms with E-state index in [1.807, 2.05) is 12.1 Å². The van der Waals surface area contributed by atoms with Gasteiger partial charge in [-0.15, -0.1) is 0 Å². The molecule has 0 saturated heterocycles. The molecular formula is C15H16O3. The van der Waals surface area contributed by atoms with E-state index in [1.54, 1.807) is 18.2 Å². The summed E-state index contributed by atoms with van der Waals surface area (Å²) in [5.74, 6) is 0.105. The van der Waals surface area contributed by atoms with Crippen molar-refractivity contribution in [3.63, 3.8) is 0 Å². The summed E-state index contributed by atoms with van der Waals surface area (Å²) in [5.41, 5.74) is 0.975. The van der Waals surface area contributed by atoms with E-state index in [1.165, 1.54) is 0 Å². The number of hydrogen-bond acceptors (Lipinski definition) is 3. The molecule has 0 spiro atoms. The summed E-state index contributed by atoms with van der Waals surface area (Å²) in [6.07, 6.45) is 4.18. The Bertz CT molecular complexity index is 459. The average molecular weight is 244 g/mol. The van der Waals surface area contributed by atoms with Gasteiger partial charge in [0.1, 0.15) is 11.5 Å². The first-order valence-corrected chi connectivity index (χ1v) is 6.15. The first-order valence-electron chi connectivity index (χ1n) is 6.15. The maximum absolute atomic E-state index is 11.9. The molecule has 0 N–H and O–H groups in total. The summed E-state index contributed by atoms with van der Waals surface area (Å²) < 4.78 is 5.28. The van der Waals surface area contributed by atoms with Crippen molar-refractivity contribution in [1.82, 2.24) is 0 Å². The molecule has 18 heavy (non-hydrogen) atoms. The zero-order chi connectivity index (χ0) is 13.0. The smallest absolute Gasteiger partial charge is 0.314 e. The van der Waals surface area contributed by atoms with E-state index in [4.69, 9.17) is 4.74 Å². The molecule has 0 aromatic heterocycles. The number of ether oxygens (including phenoxy) is 1. The van der Waals surface area contributed by atoms with Crippen molar-refractivity contribution in [3.05, 3.63) is 36.4 Å². The van der Waals surface area contributed by atoms with Crippen LogP contribution in [0.15, 0.2) is 30.8 Å². The van der Waals surface area contributed by atoms with Gasteiger partial charge in [-0.05, 0) is 30.5 Å². The van der Waals surface area contributed by atoms with Crippen LogP contribution in [-0.4, -0.2) is 11.8 Å². The second kappa shape index (κ2) is 5.63. The lowest BCUT2D eigenvalue weighted by Gasteiger charge is -2.19. The fourth-order valence-electron chi connectivity index (χ4n) is 2.10. The molecule has 1 fully saturated rings. The minimum atomic E-state index is -0.297. The first-order chi connectivity index (χ1) is 8.69.